The molecule has 2 aromatic rings. The standard InChI is InChI=1S/C21H26N2/c1-13-12-14(2)22-15(3)20(13)23-16(4)17-10-11-21(23,5)19-9-7-6-8-18(17)19/h6-9,12,16-17H,10-11H2,1-5H3/t16-,17?,21?/m0/s1. The van der Waals surface area contributed by atoms with Gasteiger partial charge in [-0.05, 0) is 70.2 Å². The quantitative estimate of drug-likeness (QED) is 0.736. The Labute approximate surface area is 139 Å². The van der Waals surface area contributed by atoms with E-state index in [1.807, 2.05) is 0 Å². The lowest BCUT2D eigenvalue weighted by Gasteiger charge is -2.59. The predicted molar refractivity (Wildman–Crippen MR) is 96.2 cm³/mol. The Morgan fingerprint density at radius 1 is 1.17 bits per heavy atom. The van der Waals surface area contributed by atoms with E-state index >= 15 is 0 Å². The molecule has 120 valence electrons. The summed E-state index contributed by atoms with van der Waals surface area (Å²) in [6, 6.07) is 11.8. The smallest absolute Gasteiger partial charge is 0.0632 e. The van der Waals surface area contributed by atoms with Gasteiger partial charge in [-0.1, -0.05) is 24.3 Å². The minimum atomic E-state index is 0.0806. The molecule has 2 unspecified atom stereocenters. The van der Waals surface area contributed by atoms with Crippen LogP contribution in [0.1, 0.15) is 60.7 Å². The molecule has 5 rings (SSSR count). The van der Waals surface area contributed by atoms with Crippen LogP contribution in [0.4, 0.5) is 5.69 Å². The average molecular weight is 306 g/mol. The fourth-order valence-electron chi connectivity index (χ4n) is 5.25. The highest BCUT2D eigenvalue weighted by atomic mass is 15.3. The second kappa shape index (κ2) is 4.83. The Morgan fingerprint density at radius 3 is 2.65 bits per heavy atom. The first-order valence-corrected chi connectivity index (χ1v) is 8.77. The number of hydrogen-bond acceptors (Lipinski definition) is 2. The minimum absolute atomic E-state index is 0.0806. The molecule has 2 aliphatic heterocycles. The number of aryl methyl sites for hydroxylation is 3. The lowest BCUT2D eigenvalue weighted by Crippen LogP contribution is -2.59. The van der Waals surface area contributed by atoms with Gasteiger partial charge in [-0.25, -0.2) is 0 Å². The highest BCUT2D eigenvalue weighted by Crippen LogP contribution is 2.55. The lowest BCUT2D eigenvalue weighted by molar-refractivity contribution is 0.235. The number of aromatic nitrogens is 1. The normalized spacial score (nSPS) is 28.8. The monoisotopic (exact) mass is 306 g/mol. The third-order valence-electron chi connectivity index (χ3n) is 6.13. The molecule has 2 heteroatoms. The van der Waals surface area contributed by atoms with Gasteiger partial charge < -0.3 is 4.90 Å². The van der Waals surface area contributed by atoms with Crippen LogP contribution in [0.25, 0.3) is 0 Å². The van der Waals surface area contributed by atoms with Gasteiger partial charge in [0.2, 0.25) is 0 Å². The molecule has 2 nitrogen and oxygen atoms in total. The zero-order valence-electron chi connectivity index (χ0n) is 14.9. The molecule has 3 heterocycles. The van der Waals surface area contributed by atoms with Gasteiger partial charge in [0, 0.05) is 17.7 Å². The zero-order chi connectivity index (χ0) is 16.4. The molecule has 0 radical (unpaired) electrons. The number of nitrogens with zero attached hydrogens (tertiary/aromatic N) is 2. The Balaban J connectivity index is 1.95. The van der Waals surface area contributed by atoms with Crippen molar-refractivity contribution < 1.29 is 0 Å². The highest BCUT2D eigenvalue weighted by molar-refractivity contribution is 5.64. The molecule has 0 saturated carbocycles. The number of fused-ring (bicyclic) bond motifs is 2. The summed E-state index contributed by atoms with van der Waals surface area (Å²) in [5.74, 6) is 0.633. The third-order valence-corrected chi connectivity index (χ3v) is 6.13. The number of benzene rings is 1. The molecule has 23 heavy (non-hydrogen) atoms. The van der Waals surface area contributed by atoms with E-state index in [1.54, 1.807) is 5.56 Å². The zero-order valence-corrected chi connectivity index (χ0v) is 14.9. The van der Waals surface area contributed by atoms with Crippen molar-refractivity contribution >= 4 is 5.69 Å². The van der Waals surface area contributed by atoms with Crippen molar-refractivity contribution in [2.24, 2.45) is 0 Å². The first-order chi connectivity index (χ1) is 10.9. The van der Waals surface area contributed by atoms with Crippen LogP contribution in [0.3, 0.4) is 0 Å². The maximum Gasteiger partial charge on any atom is 0.0632 e. The lowest BCUT2D eigenvalue weighted by atomic mass is 9.64. The van der Waals surface area contributed by atoms with Crippen molar-refractivity contribution in [3.8, 4) is 0 Å². The van der Waals surface area contributed by atoms with E-state index in [4.69, 9.17) is 4.98 Å². The summed E-state index contributed by atoms with van der Waals surface area (Å²) in [6.45, 7) is 11.3. The van der Waals surface area contributed by atoms with E-state index in [-0.39, 0.29) is 5.54 Å². The molecule has 0 N–H and O–H groups in total. The fourth-order valence-corrected chi connectivity index (χ4v) is 5.25. The van der Waals surface area contributed by atoms with Crippen LogP contribution >= 0.6 is 0 Å². The number of pyridine rings is 1. The molecule has 1 aromatic carbocycles. The van der Waals surface area contributed by atoms with Crippen LogP contribution in [0, 0.1) is 20.8 Å². The number of hydrogen-bond donors (Lipinski definition) is 0. The van der Waals surface area contributed by atoms with Crippen molar-refractivity contribution in [2.45, 2.75) is 65.0 Å². The van der Waals surface area contributed by atoms with Gasteiger partial charge in [0.15, 0.2) is 0 Å². The van der Waals surface area contributed by atoms with Crippen molar-refractivity contribution in [3.05, 3.63) is 58.4 Å². The van der Waals surface area contributed by atoms with Crippen LogP contribution in [-0.4, -0.2) is 11.0 Å². The van der Waals surface area contributed by atoms with E-state index in [9.17, 15) is 0 Å². The van der Waals surface area contributed by atoms with Crippen LogP contribution < -0.4 is 4.90 Å². The largest absolute Gasteiger partial charge is 0.357 e. The summed E-state index contributed by atoms with van der Waals surface area (Å²) in [5, 5.41) is 0. The van der Waals surface area contributed by atoms with Gasteiger partial charge >= 0.3 is 0 Å². The summed E-state index contributed by atoms with van der Waals surface area (Å²) in [7, 11) is 0. The van der Waals surface area contributed by atoms with Gasteiger partial charge in [-0.3, -0.25) is 4.98 Å². The molecule has 3 aliphatic rings. The third kappa shape index (κ3) is 1.90. The molecule has 3 atom stereocenters. The highest BCUT2D eigenvalue weighted by Gasteiger charge is 2.51. The minimum Gasteiger partial charge on any atom is -0.357 e. The SMILES string of the molecule is Cc1cc(C)c(N2[C@@H](C)C3CCC2(C)c2ccccc23)c(C)n1. The van der Waals surface area contributed by atoms with Crippen molar-refractivity contribution in [1.82, 2.24) is 4.98 Å². The molecule has 0 spiro atoms. The van der Waals surface area contributed by atoms with E-state index < -0.39 is 0 Å². The van der Waals surface area contributed by atoms with Crippen LogP contribution in [-0.2, 0) is 5.54 Å². The summed E-state index contributed by atoms with van der Waals surface area (Å²) >= 11 is 0. The number of rotatable bonds is 1. The topological polar surface area (TPSA) is 16.1 Å². The molecular weight excluding hydrogens is 280 g/mol. The molecular formula is C21H26N2. The first-order valence-electron chi connectivity index (χ1n) is 8.77. The molecule has 1 saturated heterocycles. The predicted octanol–water partition coefficient (Wildman–Crippen LogP) is 5.01. The number of anilines is 1. The van der Waals surface area contributed by atoms with Crippen LogP contribution in [0.2, 0.25) is 0 Å². The van der Waals surface area contributed by atoms with Crippen LogP contribution in [0.15, 0.2) is 30.3 Å². The van der Waals surface area contributed by atoms with Gasteiger partial charge in [0.05, 0.1) is 16.9 Å². The molecule has 1 aromatic heterocycles. The molecule has 1 fully saturated rings. The Kier molecular flexibility index (Phi) is 3.10. The molecule has 1 aliphatic carbocycles. The van der Waals surface area contributed by atoms with Gasteiger partial charge in [-0.2, -0.15) is 0 Å². The van der Waals surface area contributed by atoms with E-state index in [0.29, 0.717) is 12.0 Å². The molecule has 0 amide bonds. The van der Waals surface area contributed by atoms with Crippen molar-refractivity contribution in [1.29, 1.82) is 0 Å². The summed E-state index contributed by atoms with van der Waals surface area (Å²) in [4.78, 5) is 7.45. The summed E-state index contributed by atoms with van der Waals surface area (Å²) in [5.41, 5.74) is 8.16. The van der Waals surface area contributed by atoms with E-state index in [0.717, 1.165) is 5.69 Å². The summed E-state index contributed by atoms with van der Waals surface area (Å²) < 4.78 is 0. The maximum absolute atomic E-state index is 4.77. The van der Waals surface area contributed by atoms with Crippen molar-refractivity contribution in [3.63, 3.8) is 0 Å². The summed E-state index contributed by atoms with van der Waals surface area (Å²) in [6.07, 6.45) is 2.52. The maximum atomic E-state index is 4.77. The van der Waals surface area contributed by atoms with Gasteiger partial charge in [-0.15, -0.1) is 0 Å². The fraction of sp³-hybridized carbons (Fsp3) is 0.476. The second-order valence-electron chi connectivity index (χ2n) is 7.63. The first kappa shape index (κ1) is 14.7. The van der Waals surface area contributed by atoms with Gasteiger partial charge in [0.25, 0.3) is 0 Å². The average Bonchev–Trinajstić information content (AvgIpc) is 2.49. The Hall–Kier alpha value is -1.83. The van der Waals surface area contributed by atoms with E-state index in [1.165, 1.54) is 35.3 Å². The Bertz CT molecular complexity index is 756. The van der Waals surface area contributed by atoms with Gasteiger partial charge in [0.1, 0.15) is 0 Å². The second-order valence-corrected chi connectivity index (χ2v) is 7.63. The molecule has 2 bridgehead atoms. The van der Waals surface area contributed by atoms with Crippen molar-refractivity contribution in [2.75, 3.05) is 4.90 Å². The Morgan fingerprint density at radius 2 is 1.91 bits per heavy atom. The van der Waals surface area contributed by atoms with Crippen LogP contribution in [0.5, 0.6) is 0 Å². The van der Waals surface area contributed by atoms with E-state index in [2.05, 4.69) is 69.9 Å². The number of piperidine rings is 1.